The van der Waals surface area contributed by atoms with Crippen molar-refractivity contribution in [2.24, 2.45) is 0 Å². The molecule has 6 nitrogen and oxygen atoms in total. The van der Waals surface area contributed by atoms with Gasteiger partial charge in [-0.2, -0.15) is 0 Å². The standard InChI is InChI=1S/C13H18N2O4S/c1-3-4-5-8-15-13(17)14(2)11-9-10(16)6-7-12(11)20(15,18)19/h6-7,9,16H,3-5,8H2,1-2H3. The van der Waals surface area contributed by atoms with E-state index in [0.717, 1.165) is 17.1 Å². The van der Waals surface area contributed by atoms with Gasteiger partial charge in [-0.25, -0.2) is 17.5 Å². The fourth-order valence-corrected chi connectivity index (χ4v) is 3.83. The summed E-state index contributed by atoms with van der Waals surface area (Å²) in [5.74, 6) is -0.0713. The number of urea groups is 1. The van der Waals surface area contributed by atoms with Crippen LogP contribution in [0.4, 0.5) is 10.5 Å². The molecule has 20 heavy (non-hydrogen) atoms. The van der Waals surface area contributed by atoms with Gasteiger partial charge in [-0.05, 0) is 18.6 Å². The summed E-state index contributed by atoms with van der Waals surface area (Å²) in [4.78, 5) is 13.5. The minimum atomic E-state index is -3.83. The van der Waals surface area contributed by atoms with Crippen molar-refractivity contribution in [2.75, 3.05) is 18.5 Å². The topological polar surface area (TPSA) is 77.9 Å². The highest BCUT2D eigenvalue weighted by molar-refractivity contribution is 7.90. The smallest absolute Gasteiger partial charge is 0.338 e. The van der Waals surface area contributed by atoms with Gasteiger partial charge in [-0.3, -0.25) is 4.90 Å². The Morgan fingerprint density at radius 3 is 2.60 bits per heavy atom. The molecule has 1 aromatic rings. The fraction of sp³-hybridized carbons (Fsp3) is 0.462. The number of phenolic OH excluding ortho intramolecular Hbond substituents is 1. The Morgan fingerprint density at radius 1 is 1.25 bits per heavy atom. The number of aromatic hydroxyl groups is 1. The van der Waals surface area contributed by atoms with E-state index in [2.05, 4.69) is 0 Å². The molecule has 0 unspecified atom stereocenters. The molecule has 0 saturated carbocycles. The molecule has 0 saturated heterocycles. The second-order valence-corrected chi connectivity index (χ2v) is 6.61. The normalized spacial score (nSPS) is 17.2. The average Bonchev–Trinajstić information content (AvgIpc) is 2.40. The van der Waals surface area contributed by atoms with Gasteiger partial charge >= 0.3 is 6.03 Å². The van der Waals surface area contributed by atoms with Crippen molar-refractivity contribution >= 4 is 21.7 Å². The number of amides is 2. The Morgan fingerprint density at radius 2 is 1.95 bits per heavy atom. The molecule has 0 aliphatic carbocycles. The SMILES string of the molecule is CCCCCN1C(=O)N(C)c2cc(O)ccc2S1(=O)=O. The van der Waals surface area contributed by atoms with Gasteiger partial charge in [0.25, 0.3) is 10.0 Å². The molecule has 1 aromatic carbocycles. The van der Waals surface area contributed by atoms with Crippen molar-refractivity contribution in [2.45, 2.75) is 31.1 Å². The average molecular weight is 298 g/mol. The molecule has 110 valence electrons. The maximum absolute atomic E-state index is 12.5. The number of carbonyl (C=O) groups excluding carboxylic acids is 1. The molecule has 2 amide bonds. The van der Waals surface area contributed by atoms with Gasteiger partial charge in [-0.15, -0.1) is 0 Å². The second-order valence-electron chi connectivity index (χ2n) is 4.78. The summed E-state index contributed by atoms with van der Waals surface area (Å²) < 4.78 is 25.8. The third kappa shape index (κ3) is 2.33. The second kappa shape index (κ2) is 5.32. The fourth-order valence-electron chi connectivity index (χ4n) is 2.20. The molecular formula is C13H18N2O4S. The number of anilines is 1. The molecule has 0 atom stereocenters. The molecule has 0 fully saturated rings. The summed E-state index contributed by atoms with van der Waals surface area (Å²) in [7, 11) is -2.33. The van der Waals surface area contributed by atoms with Crippen LogP contribution in [0, 0.1) is 0 Å². The molecule has 1 aliphatic heterocycles. The number of sulfonamides is 1. The lowest BCUT2D eigenvalue weighted by molar-refractivity contribution is 0.228. The van der Waals surface area contributed by atoms with Crippen LogP contribution in [0.1, 0.15) is 26.2 Å². The summed E-state index contributed by atoms with van der Waals surface area (Å²) in [6.45, 7) is 2.19. The van der Waals surface area contributed by atoms with Crippen LogP contribution in [0.3, 0.4) is 0 Å². The van der Waals surface area contributed by atoms with E-state index in [1.807, 2.05) is 6.92 Å². The van der Waals surface area contributed by atoms with Crippen molar-refractivity contribution in [1.82, 2.24) is 4.31 Å². The van der Waals surface area contributed by atoms with Crippen LogP contribution in [0.15, 0.2) is 23.1 Å². The first kappa shape index (κ1) is 14.6. The lowest BCUT2D eigenvalue weighted by Crippen LogP contribution is -2.49. The van der Waals surface area contributed by atoms with Gasteiger partial charge in [0.2, 0.25) is 0 Å². The molecule has 0 bridgehead atoms. The molecule has 1 N–H and O–H groups in total. The van der Waals surface area contributed by atoms with Crippen LogP contribution >= 0.6 is 0 Å². The van der Waals surface area contributed by atoms with E-state index < -0.39 is 16.1 Å². The van der Waals surface area contributed by atoms with Gasteiger partial charge in [0, 0.05) is 19.7 Å². The summed E-state index contributed by atoms with van der Waals surface area (Å²) in [5.41, 5.74) is 0.210. The van der Waals surface area contributed by atoms with Gasteiger partial charge in [0.15, 0.2) is 0 Å². The van der Waals surface area contributed by atoms with Gasteiger partial charge in [-0.1, -0.05) is 19.8 Å². The Bertz CT molecular complexity index is 627. The highest BCUT2D eigenvalue weighted by Crippen LogP contribution is 2.35. The first-order chi connectivity index (χ1) is 9.39. The number of unbranched alkanes of at least 4 members (excludes halogenated alkanes) is 2. The molecule has 0 radical (unpaired) electrons. The van der Waals surface area contributed by atoms with Crippen molar-refractivity contribution in [3.05, 3.63) is 18.2 Å². The van der Waals surface area contributed by atoms with Crippen molar-refractivity contribution in [3.63, 3.8) is 0 Å². The van der Waals surface area contributed by atoms with E-state index in [1.54, 1.807) is 0 Å². The number of carbonyl (C=O) groups is 1. The molecule has 0 spiro atoms. The molecule has 2 rings (SSSR count). The lowest BCUT2D eigenvalue weighted by Gasteiger charge is -2.34. The van der Waals surface area contributed by atoms with Gasteiger partial charge in [0.1, 0.15) is 10.6 Å². The van der Waals surface area contributed by atoms with E-state index in [-0.39, 0.29) is 22.9 Å². The van der Waals surface area contributed by atoms with E-state index in [0.29, 0.717) is 6.42 Å². The molecular weight excluding hydrogens is 280 g/mol. The number of rotatable bonds is 4. The van der Waals surface area contributed by atoms with Gasteiger partial charge < -0.3 is 5.11 Å². The van der Waals surface area contributed by atoms with Crippen molar-refractivity contribution in [1.29, 1.82) is 0 Å². The summed E-state index contributed by atoms with van der Waals surface area (Å²) in [6.07, 6.45) is 2.45. The van der Waals surface area contributed by atoms with Crippen LogP contribution in [-0.2, 0) is 10.0 Å². The summed E-state index contributed by atoms with van der Waals surface area (Å²) in [5, 5.41) is 9.46. The number of phenols is 1. The van der Waals surface area contributed by atoms with E-state index >= 15 is 0 Å². The Kier molecular flexibility index (Phi) is 3.89. The maximum Gasteiger partial charge on any atom is 0.338 e. The molecule has 7 heteroatoms. The zero-order chi connectivity index (χ0) is 14.9. The van der Waals surface area contributed by atoms with E-state index in [9.17, 15) is 18.3 Å². The van der Waals surface area contributed by atoms with E-state index in [1.165, 1.54) is 30.1 Å². The first-order valence-corrected chi connectivity index (χ1v) is 7.97. The highest BCUT2D eigenvalue weighted by Gasteiger charge is 2.39. The number of fused-ring (bicyclic) bond motifs is 1. The van der Waals surface area contributed by atoms with Crippen molar-refractivity contribution in [3.8, 4) is 5.75 Å². The third-order valence-electron chi connectivity index (χ3n) is 3.34. The number of benzene rings is 1. The number of hydrogen-bond acceptors (Lipinski definition) is 4. The van der Waals surface area contributed by atoms with Crippen LogP contribution in [0.2, 0.25) is 0 Å². The summed E-state index contributed by atoms with van der Waals surface area (Å²) in [6, 6.07) is 3.34. The summed E-state index contributed by atoms with van der Waals surface area (Å²) >= 11 is 0. The highest BCUT2D eigenvalue weighted by atomic mass is 32.2. The predicted molar refractivity (Wildman–Crippen MR) is 75.3 cm³/mol. The molecule has 1 aliphatic rings. The molecule has 0 aromatic heterocycles. The van der Waals surface area contributed by atoms with E-state index in [4.69, 9.17) is 0 Å². The number of nitrogens with zero attached hydrogens (tertiary/aromatic N) is 2. The van der Waals surface area contributed by atoms with Crippen molar-refractivity contribution < 1.29 is 18.3 Å². The first-order valence-electron chi connectivity index (χ1n) is 6.53. The Labute approximate surface area is 118 Å². The maximum atomic E-state index is 12.5. The Balaban J connectivity index is 2.44. The van der Waals surface area contributed by atoms with Crippen LogP contribution in [0.25, 0.3) is 0 Å². The minimum absolute atomic E-state index is 0.0499. The zero-order valence-corrected chi connectivity index (χ0v) is 12.4. The Hall–Kier alpha value is -1.76. The number of hydrogen-bond donors (Lipinski definition) is 1. The zero-order valence-electron chi connectivity index (χ0n) is 11.5. The van der Waals surface area contributed by atoms with Crippen LogP contribution in [-0.4, -0.2) is 37.5 Å². The largest absolute Gasteiger partial charge is 0.508 e. The lowest BCUT2D eigenvalue weighted by atomic mass is 10.2. The van der Waals surface area contributed by atoms with Gasteiger partial charge in [0.05, 0.1) is 5.69 Å². The van der Waals surface area contributed by atoms with Crippen LogP contribution in [0.5, 0.6) is 5.75 Å². The molecule has 1 heterocycles. The third-order valence-corrected chi connectivity index (χ3v) is 5.16. The monoisotopic (exact) mass is 298 g/mol. The van der Waals surface area contributed by atoms with Crippen LogP contribution < -0.4 is 4.90 Å². The quantitative estimate of drug-likeness (QED) is 0.864. The minimum Gasteiger partial charge on any atom is -0.508 e. The predicted octanol–water partition coefficient (Wildman–Crippen LogP) is 2.14.